The minimum atomic E-state index is 0.0000957. The predicted molar refractivity (Wildman–Crippen MR) is 275 cm³/mol. The number of nitrogens with zero attached hydrogens (tertiary/aromatic N) is 4. The molecular formula is C57H51BN4OS2. The van der Waals surface area contributed by atoms with Gasteiger partial charge in [0.2, 0.25) is 0 Å². The molecule has 0 fully saturated rings. The summed E-state index contributed by atoms with van der Waals surface area (Å²) in [5, 5.41) is 4.58. The van der Waals surface area contributed by atoms with Gasteiger partial charge in [-0.3, -0.25) is 0 Å². The highest BCUT2D eigenvalue weighted by Gasteiger charge is 2.52. The fourth-order valence-corrected chi connectivity index (χ4v) is 15.0. The highest BCUT2D eigenvalue weighted by molar-refractivity contribution is 7.29. The molecule has 0 amide bonds. The summed E-state index contributed by atoms with van der Waals surface area (Å²) in [6, 6.07) is 38.8. The lowest BCUT2D eigenvalue weighted by Gasteiger charge is -2.44. The summed E-state index contributed by atoms with van der Waals surface area (Å²) in [6.45, 7) is 20.0. The van der Waals surface area contributed by atoms with Crippen LogP contribution in [0.4, 0.5) is 17.1 Å². The van der Waals surface area contributed by atoms with Crippen molar-refractivity contribution in [2.24, 2.45) is 0 Å². The molecule has 5 nitrogen and oxygen atoms in total. The molecule has 0 spiro atoms. The van der Waals surface area contributed by atoms with E-state index in [-0.39, 0.29) is 28.4 Å². The second-order valence-corrected chi connectivity index (χ2v) is 23.6. The van der Waals surface area contributed by atoms with Crippen molar-refractivity contribution in [1.82, 2.24) is 15.0 Å². The first-order valence-corrected chi connectivity index (χ1v) is 25.0. The van der Waals surface area contributed by atoms with Crippen LogP contribution < -0.4 is 20.6 Å². The van der Waals surface area contributed by atoms with Gasteiger partial charge in [-0.1, -0.05) is 146 Å². The third kappa shape index (κ3) is 5.59. The van der Waals surface area contributed by atoms with Gasteiger partial charge >= 0.3 is 0 Å². The van der Waals surface area contributed by atoms with E-state index in [2.05, 4.69) is 156 Å². The van der Waals surface area contributed by atoms with Crippen molar-refractivity contribution in [3.05, 3.63) is 135 Å². The monoisotopic (exact) mass is 882 g/mol. The molecule has 0 saturated carbocycles. The topological polar surface area (TPSA) is 55.1 Å². The molecule has 6 heterocycles. The molecule has 2 aliphatic heterocycles. The van der Waals surface area contributed by atoms with Crippen LogP contribution in [0.3, 0.4) is 0 Å². The van der Waals surface area contributed by atoms with Crippen molar-refractivity contribution in [2.45, 2.75) is 103 Å². The Labute approximate surface area is 389 Å². The number of rotatable bonds is 4. The summed E-state index contributed by atoms with van der Waals surface area (Å²) < 4.78 is 7.89. The number of benzene rings is 5. The maximum Gasteiger partial charge on any atom is 0.260 e. The summed E-state index contributed by atoms with van der Waals surface area (Å²) >= 11 is 4.08. The molecule has 4 aliphatic rings. The van der Waals surface area contributed by atoms with Gasteiger partial charge in [0.1, 0.15) is 11.2 Å². The molecule has 0 N–H and O–H groups in total. The van der Waals surface area contributed by atoms with E-state index in [1.165, 1.54) is 72.7 Å². The molecule has 65 heavy (non-hydrogen) atoms. The Morgan fingerprint density at radius 1 is 0.554 bits per heavy atom. The van der Waals surface area contributed by atoms with Crippen LogP contribution >= 0.6 is 22.7 Å². The first-order valence-electron chi connectivity index (χ1n) is 23.3. The number of furan rings is 1. The molecule has 5 aromatic carbocycles. The predicted octanol–water partition coefficient (Wildman–Crippen LogP) is 13.9. The van der Waals surface area contributed by atoms with Gasteiger partial charge in [-0.25, -0.2) is 15.0 Å². The van der Waals surface area contributed by atoms with Crippen LogP contribution in [0.25, 0.3) is 67.2 Å². The zero-order valence-corrected chi connectivity index (χ0v) is 40.0. The molecule has 320 valence electrons. The lowest BCUT2D eigenvalue weighted by molar-refractivity contribution is 0.338. The minimum Gasteiger partial charge on any atom is -0.456 e. The lowest BCUT2D eigenvalue weighted by atomic mass is 9.40. The first kappa shape index (κ1) is 39.5. The quantitative estimate of drug-likeness (QED) is 0.165. The maximum absolute atomic E-state index is 6.40. The van der Waals surface area contributed by atoms with Gasteiger partial charge in [0.15, 0.2) is 17.5 Å². The maximum atomic E-state index is 6.40. The second-order valence-electron chi connectivity index (χ2n) is 21.6. The number of anilines is 3. The fourth-order valence-electron chi connectivity index (χ4n) is 11.9. The van der Waals surface area contributed by atoms with E-state index in [9.17, 15) is 0 Å². The van der Waals surface area contributed by atoms with Crippen molar-refractivity contribution in [1.29, 1.82) is 0 Å². The van der Waals surface area contributed by atoms with Gasteiger partial charge in [0.05, 0.1) is 11.4 Å². The van der Waals surface area contributed by atoms with Crippen molar-refractivity contribution in [2.75, 3.05) is 4.90 Å². The number of para-hydroxylation sites is 1. The van der Waals surface area contributed by atoms with Crippen LogP contribution in [0.2, 0.25) is 0 Å². The van der Waals surface area contributed by atoms with E-state index < -0.39 is 0 Å². The number of thiophene rings is 2. The highest BCUT2D eigenvalue weighted by Crippen LogP contribution is 2.60. The first-order chi connectivity index (χ1) is 31.2. The summed E-state index contributed by atoms with van der Waals surface area (Å²) in [6.07, 6.45) is 4.67. The molecular weight excluding hydrogens is 832 g/mol. The molecule has 9 aromatic rings. The van der Waals surface area contributed by atoms with Gasteiger partial charge in [-0.2, -0.15) is 11.3 Å². The molecule has 0 bridgehead atoms. The Kier molecular flexibility index (Phi) is 8.14. The van der Waals surface area contributed by atoms with E-state index in [4.69, 9.17) is 19.4 Å². The van der Waals surface area contributed by atoms with Crippen LogP contribution in [0.15, 0.2) is 119 Å². The van der Waals surface area contributed by atoms with Crippen LogP contribution in [0, 0.1) is 0 Å². The Morgan fingerprint density at radius 2 is 1.18 bits per heavy atom. The molecule has 0 radical (unpaired) electrons. The number of aromatic nitrogens is 3. The third-order valence-corrected chi connectivity index (χ3v) is 18.5. The molecule has 2 aliphatic carbocycles. The van der Waals surface area contributed by atoms with Crippen molar-refractivity contribution in [3.63, 3.8) is 0 Å². The van der Waals surface area contributed by atoms with Crippen LogP contribution in [-0.2, 0) is 21.7 Å². The van der Waals surface area contributed by atoms with Crippen molar-refractivity contribution in [3.8, 4) is 45.3 Å². The summed E-state index contributed by atoms with van der Waals surface area (Å²) in [5.74, 6) is 1.94. The zero-order valence-electron chi connectivity index (χ0n) is 38.4. The van der Waals surface area contributed by atoms with E-state index in [1.54, 1.807) is 4.88 Å². The molecule has 4 aromatic heterocycles. The zero-order chi connectivity index (χ0) is 44.4. The molecule has 8 heteroatoms. The number of hydrogen-bond donors (Lipinski definition) is 0. The largest absolute Gasteiger partial charge is 0.456 e. The average Bonchev–Trinajstić information content (AvgIpc) is 4.10. The van der Waals surface area contributed by atoms with E-state index in [0.717, 1.165) is 51.5 Å². The van der Waals surface area contributed by atoms with Gasteiger partial charge < -0.3 is 9.32 Å². The van der Waals surface area contributed by atoms with Crippen LogP contribution in [-0.4, -0.2) is 21.7 Å². The van der Waals surface area contributed by atoms with Gasteiger partial charge in [-0.05, 0) is 99.3 Å². The van der Waals surface area contributed by atoms with E-state index >= 15 is 0 Å². The highest BCUT2D eigenvalue weighted by atomic mass is 32.1. The Hall–Kier alpha value is -5.83. The Bertz CT molecular complexity index is 3480. The molecule has 0 atom stereocenters. The standard InChI is InChI=1S/C57H51BN4OS2/c1-54(2)25-27-56(5,6)48-44(54)40(31-64-48)62-39-30-33(29-37-34-19-12-14-22-38(34)58(46(37)39)50-47(62)45-49(65-50)57(7,8)28-26-55(45,3)4)52-59-51(32-17-10-9-11-18-32)60-53(61-52)36-21-16-24-42-43(36)35-20-13-15-23-41(35)63-42/h9-24,29-31H,25-28H2,1-8H3. The molecule has 0 saturated heterocycles. The number of hydrogen-bond acceptors (Lipinski definition) is 7. The van der Waals surface area contributed by atoms with Crippen LogP contribution in [0.1, 0.15) is 102 Å². The lowest BCUT2D eigenvalue weighted by Crippen LogP contribution is -2.54. The molecule has 0 unspecified atom stereocenters. The summed E-state index contributed by atoms with van der Waals surface area (Å²) in [4.78, 5) is 22.0. The van der Waals surface area contributed by atoms with Crippen LogP contribution in [0.5, 0.6) is 0 Å². The third-order valence-electron chi connectivity index (χ3n) is 15.6. The van der Waals surface area contributed by atoms with Gasteiger partial charge in [0.25, 0.3) is 6.71 Å². The summed E-state index contributed by atoms with van der Waals surface area (Å²) in [7, 11) is 0. The Balaban J connectivity index is 1.13. The van der Waals surface area contributed by atoms with Gasteiger partial charge in [0, 0.05) is 53.1 Å². The summed E-state index contributed by atoms with van der Waals surface area (Å²) in [5.41, 5.74) is 17.1. The normalized spacial score (nSPS) is 18.0. The van der Waals surface area contributed by atoms with Gasteiger partial charge in [-0.15, -0.1) is 11.3 Å². The smallest absolute Gasteiger partial charge is 0.260 e. The van der Waals surface area contributed by atoms with E-state index in [1.807, 2.05) is 41.7 Å². The average molecular weight is 883 g/mol. The molecule has 13 rings (SSSR count). The SMILES string of the molecule is CC1(C)CCC(C)(C)c2c(N3c4cc(-c5nc(-c6ccccc6)nc(-c6cccc7oc8ccccc8c67)n5)cc5c4B(c4ccccc4-5)c4sc5c(c43)C(C)(C)CCC5(C)C)csc21. The Morgan fingerprint density at radius 3 is 1.98 bits per heavy atom. The van der Waals surface area contributed by atoms with Crippen molar-refractivity contribution >= 4 is 84.1 Å². The number of fused-ring (bicyclic) bond motifs is 11. The van der Waals surface area contributed by atoms with E-state index in [0.29, 0.717) is 17.5 Å². The second kappa shape index (κ2) is 13.4. The minimum absolute atomic E-state index is 0.0000957. The van der Waals surface area contributed by atoms with Crippen molar-refractivity contribution < 1.29 is 4.42 Å². The fraction of sp³-hybridized carbons (Fsp3) is 0.281.